The molecule has 0 amide bonds. The van der Waals surface area contributed by atoms with Crippen LogP contribution in [0.25, 0.3) is 0 Å². The van der Waals surface area contributed by atoms with Crippen LogP contribution in [0.3, 0.4) is 0 Å². The summed E-state index contributed by atoms with van der Waals surface area (Å²) in [7, 11) is -4.33. The number of hydrogen-bond donors (Lipinski definition) is 0. The molecule has 2 heterocycles. The van der Waals surface area contributed by atoms with Gasteiger partial charge in [-0.05, 0) is 25.7 Å². The molecule has 7 nitrogen and oxygen atoms in total. The van der Waals surface area contributed by atoms with Crippen LogP contribution in [0.15, 0.2) is 30.6 Å². The van der Waals surface area contributed by atoms with Crippen LogP contribution in [0.2, 0.25) is 0 Å². The normalized spacial score (nSPS) is 29.6. The molecule has 0 aromatic carbocycles. The maximum Gasteiger partial charge on any atom is 0.268 e. The van der Waals surface area contributed by atoms with Gasteiger partial charge < -0.3 is 23.4 Å². The monoisotopic (exact) mass is 399 g/mol. The van der Waals surface area contributed by atoms with E-state index in [1.54, 1.807) is 0 Å². The van der Waals surface area contributed by atoms with Gasteiger partial charge in [-0.25, -0.2) is 4.57 Å². The van der Waals surface area contributed by atoms with Gasteiger partial charge in [-0.2, -0.15) is 0 Å². The van der Waals surface area contributed by atoms with Crippen LogP contribution in [0, 0.1) is 5.41 Å². The van der Waals surface area contributed by atoms with E-state index in [0.717, 1.165) is 38.7 Å². The summed E-state index contributed by atoms with van der Waals surface area (Å²) in [5.41, 5.74) is -0.238. The number of fused-ring (bicyclic) bond motifs is 1. The first-order valence-corrected chi connectivity index (χ1v) is 11.3. The smallest absolute Gasteiger partial charge is 0.268 e. The average Bonchev–Trinajstić information content (AvgIpc) is 3.18. The molecule has 0 N–H and O–H groups in total. The Morgan fingerprint density at radius 1 is 1.26 bits per heavy atom. The predicted octanol–water partition coefficient (Wildman–Crippen LogP) is 2.23. The lowest BCUT2D eigenvalue weighted by molar-refractivity contribution is -0.697. The molecule has 0 bridgehead atoms. The quantitative estimate of drug-likeness (QED) is 0.323. The molecule has 1 saturated carbocycles. The highest BCUT2D eigenvalue weighted by atomic mass is 31.2. The highest BCUT2D eigenvalue weighted by Crippen LogP contribution is 2.52. The van der Waals surface area contributed by atoms with Gasteiger partial charge >= 0.3 is 0 Å². The minimum Gasteiger partial charge on any atom is -0.756 e. The van der Waals surface area contributed by atoms with Crippen LogP contribution in [0.5, 0.6) is 0 Å². The Balaban J connectivity index is 1.46. The third-order valence-electron chi connectivity index (χ3n) is 5.35. The zero-order chi connectivity index (χ0) is 19.2. The predicted molar refractivity (Wildman–Crippen MR) is 96.8 cm³/mol. The van der Waals surface area contributed by atoms with E-state index in [1.165, 1.54) is 0 Å². The number of rotatable bonds is 11. The van der Waals surface area contributed by atoms with E-state index < -0.39 is 7.82 Å². The molecule has 152 valence electrons. The molecule has 27 heavy (non-hydrogen) atoms. The first-order chi connectivity index (χ1) is 13.0. The summed E-state index contributed by atoms with van der Waals surface area (Å²) >= 11 is 0. The molecular formula is C19H30NO6P. The van der Waals surface area contributed by atoms with E-state index in [4.69, 9.17) is 18.5 Å². The van der Waals surface area contributed by atoms with Crippen molar-refractivity contribution in [1.82, 2.24) is 0 Å². The maximum atomic E-state index is 12.2. The second-order valence-electron chi connectivity index (χ2n) is 7.45. The first-order valence-electron chi connectivity index (χ1n) is 9.80. The number of nitrogens with zero attached hydrogens (tertiary/aromatic N) is 1. The van der Waals surface area contributed by atoms with Gasteiger partial charge in [-0.15, -0.1) is 0 Å². The molecule has 1 aromatic heterocycles. The molecule has 8 heteroatoms. The zero-order valence-electron chi connectivity index (χ0n) is 16.0. The van der Waals surface area contributed by atoms with E-state index in [0.29, 0.717) is 13.2 Å². The highest BCUT2D eigenvalue weighted by Gasteiger charge is 2.51. The van der Waals surface area contributed by atoms with Gasteiger partial charge in [-0.3, -0.25) is 4.57 Å². The number of ether oxygens (including phenoxy) is 2. The highest BCUT2D eigenvalue weighted by molar-refractivity contribution is 7.45. The van der Waals surface area contributed by atoms with Crippen molar-refractivity contribution in [1.29, 1.82) is 0 Å². The largest absolute Gasteiger partial charge is 0.756 e. The lowest BCUT2D eigenvalue weighted by Gasteiger charge is -2.31. The molecule has 1 unspecified atom stereocenters. The van der Waals surface area contributed by atoms with Crippen LogP contribution < -0.4 is 9.46 Å². The van der Waals surface area contributed by atoms with E-state index in [9.17, 15) is 9.46 Å². The molecule has 3 rings (SSSR count). The lowest BCUT2D eigenvalue weighted by atomic mass is 9.82. The van der Waals surface area contributed by atoms with E-state index in [2.05, 4.69) is 6.92 Å². The zero-order valence-corrected chi connectivity index (χ0v) is 16.9. The van der Waals surface area contributed by atoms with Crippen LogP contribution in [0.1, 0.15) is 39.0 Å². The van der Waals surface area contributed by atoms with Crippen molar-refractivity contribution in [2.24, 2.45) is 5.41 Å². The molecule has 1 aliphatic heterocycles. The molecule has 0 radical (unpaired) electrons. The number of pyridine rings is 1. The van der Waals surface area contributed by atoms with Crippen LogP contribution in [0.4, 0.5) is 0 Å². The number of phosphoric acid groups is 1. The van der Waals surface area contributed by atoms with E-state index in [-0.39, 0.29) is 30.8 Å². The summed E-state index contributed by atoms with van der Waals surface area (Å²) in [6, 6.07) is 5.67. The maximum absolute atomic E-state index is 12.2. The molecule has 4 atom stereocenters. The Bertz CT molecular complexity index is 630. The van der Waals surface area contributed by atoms with Crippen molar-refractivity contribution in [3.05, 3.63) is 30.6 Å². The molecule has 2 aliphatic rings. The van der Waals surface area contributed by atoms with Gasteiger partial charge in [0.1, 0.15) is 6.61 Å². The van der Waals surface area contributed by atoms with Gasteiger partial charge in [-0.1, -0.05) is 19.4 Å². The van der Waals surface area contributed by atoms with Gasteiger partial charge in [0.15, 0.2) is 18.9 Å². The minimum atomic E-state index is -4.33. The standard InChI is InChI=1S/C19H30NO6P/c1-2-12-23-15-17-14-19(8-6-7-18(19)26-17)16-25-27(21,22)24-13-11-20-9-4-3-5-10-20/h3-5,9-10,17-18H,2,6-8,11-16H2,1H3/t17-,18+,19+/m1/s1. The molecule has 1 saturated heterocycles. The fourth-order valence-electron chi connectivity index (χ4n) is 4.05. The fourth-order valence-corrected chi connectivity index (χ4v) is 4.85. The Labute approximate surface area is 161 Å². The molecule has 1 aromatic rings. The fraction of sp³-hybridized carbons (Fsp3) is 0.737. The van der Waals surface area contributed by atoms with Crippen molar-refractivity contribution >= 4 is 7.82 Å². The summed E-state index contributed by atoms with van der Waals surface area (Å²) in [4.78, 5) is 12.2. The first kappa shape index (κ1) is 20.9. The summed E-state index contributed by atoms with van der Waals surface area (Å²) in [6.07, 6.45) is 8.44. The van der Waals surface area contributed by atoms with Crippen molar-refractivity contribution < 1.29 is 32.5 Å². The van der Waals surface area contributed by atoms with E-state index >= 15 is 0 Å². The second kappa shape index (κ2) is 9.59. The Kier molecular flexibility index (Phi) is 7.42. The van der Waals surface area contributed by atoms with Crippen molar-refractivity contribution in [2.45, 2.75) is 57.8 Å². The van der Waals surface area contributed by atoms with Crippen molar-refractivity contribution in [2.75, 3.05) is 26.4 Å². The third-order valence-corrected chi connectivity index (χ3v) is 6.30. The Morgan fingerprint density at radius 2 is 2.07 bits per heavy atom. The number of phosphoric ester groups is 1. The van der Waals surface area contributed by atoms with Crippen LogP contribution in [-0.2, 0) is 29.6 Å². The minimum absolute atomic E-state index is 0.0203. The SMILES string of the molecule is CCCOC[C@H]1C[C@]2(COP(=O)([O-])OCC[n+]3ccccc3)CCC[C@@H]2O1. The van der Waals surface area contributed by atoms with Gasteiger partial charge in [0.2, 0.25) is 0 Å². The summed E-state index contributed by atoms with van der Waals surface area (Å²) in [5.74, 6) is 0. The second-order valence-corrected chi connectivity index (χ2v) is 8.86. The van der Waals surface area contributed by atoms with Crippen LogP contribution in [-0.4, -0.2) is 38.6 Å². The molecular weight excluding hydrogens is 369 g/mol. The number of aromatic nitrogens is 1. The summed E-state index contributed by atoms with van der Waals surface area (Å²) in [6.45, 7) is 3.98. The lowest BCUT2D eigenvalue weighted by Crippen LogP contribution is -2.35. The molecule has 1 aliphatic carbocycles. The number of hydrogen-bond acceptors (Lipinski definition) is 6. The third kappa shape index (κ3) is 5.83. The Hall–Kier alpha value is -0.820. The molecule has 0 spiro atoms. The van der Waals surface area contributed by atoms with Crippen LogP contribution >= 0.6 is 7.82 Å². The topological polar surface area (TPSA) is 80.9 Å². The van der Waals surface area contributed by atoms with Crippen molar-refractivity contribution in [3.63, 3.8) is 0 Å². The Morgan fingerprint density at radius 3 is 2.85 bits per heavy atom. The molecule has 2 fully saturated rings. The van der Waals surface area contributed by atoms with Crippen molar-refractivity contribution in [3.8, 4) is 0 Å². The van der Waals surface area contributed by atoms with Gasteiger partial charge in [0.25, 0.3) is 7.82 Å². The van der Waals surface area contributed by atoms with E-state index in [1.807, 2.05) is 35.2 Å². The average molecular weight is 399 g/mol. The van der Waals surface area contributed by atoms with Gasteiger partial charge in [0, 0.05) is 24.2 Å². The van der Waals surface area contributed by atoms with Gasteiger partial charge in [0.05, 0.1) is 25.4 Å². The summed E-state index contributed by atoms with van der Waals surface area (Å²) in [5, 5.41) is 0. The summed E-state index contributed by atoms with van der Waals surface area (Å²) < 4.78 is 36.0.